The van der Waals surface area contributed by atoms with E-state index in [1.807, 2.05) is 0 Å². The van der Waals surface area contributed by atoms with Gasteiger partial charge in [0.05, 0.1) is 6.61 Å². The molecule has 5 heteroatoms. The largest absolute Gasteiger partial charge is 0.387 e. The minimum atomic E-state index is -1.61. The number of ether oxygens (including phenoxy) is 2. The van der Waals surface area contributed by atoms with Crippen LogP contribution in [0.5, 0.6) is 0 Å². The lowest BCUT2D eigenvalue weighted by atomic mass is 9.96. The van der Waals surface area contributed by atoms with E-state index < -0.39 is 30.2 Å². The zero-order valence-corrected chi connectivity index (χ0v) is 6.67. The van der Waals surface area contributed by atoms with Crippen molar-refractivity contribution in [2.45, 2.75) is 37.1 Å². The van der Waals surface area contributed by atoms with Crippen molar-refractivity contribution < 1.29 is 24.8 Å². The van der Waals surface area contributed by atoms with Gasteiger partial charge in [-0.05, 0) is 6.92 Å². The van der Waals surface area contributed by atoms with Gasteiger partial charge in [0.1, 0.15) is 24.4 Å². The van der Waals surface area contributed by atoms with Gasteiger partial charge in [-0.2, -0.15) is 0 Å². The minimum absolute atomic E-state index is 0.221. The second-order valence-corrected chi connectivity index (χ2v) is 3.44. The third kappa shape index (κ3) is 0.982. The summed E-state index contributed by atoms with van der Waals surface area (Å²) in [6.45, 7) is 1.58. The van der Waals surface area contributed by atoms with E-state index in [0.29, 0.717) is 0 Å². The Morgan fingerprint density at radius 1 is 1.42 bits per heavy atom. The Hall–Kier alpha value is -0.200. The van der Waals surface area contributed by atoms with E-state index >= 15 is 0 Å². The Labute approximate surface area is 69.5 Å². The number of hydrogen-bond donors (Lipinski definition) is 3. The SMILES string of the molecule is C[C@]1(O)O[C@@H]2CO[C@@H]([C@@H]2O)[C@H]1O. The molecule has 3 N–H and O–H groups in total. The van der Waals surface area contributed by atoms with Crippen molar-refractivity contribution in [1.29, 1.82) is 0 Å². The molecule has 0 amide bonds. The molecule has 0 spiro atoms. The Bertz CT molecular complexity index is 192. The van der Waals surface area contributed by atoms with E-state index in [4.69, 9.17) is 9.47 Å². The van der Waals surface area contributed by atoms with Crippen molar-refractivity contribution in [2.24, 2.45) is 0 Å². The fraction of sp³-hybridized carbons (Fsp3) is 1.00. The molecule has 2 saturated heterocycles. The van der Waals surface area contributed by atoms with Gasteiger partial charge in [-0.25, -0.2) is 0 Å². The van der Waals surface area contributed by atoms with E-state index in [-0.39, 0.29) is 6.61 Å². The van der Waals surface area contributed by atoms with Gasteiger partial charge in [-0.15, -0.1) is 0 Å². The van der Waals surface area contributed by atoms with Gasteiger partial charge in [0.15, 0.2) is 5.79 Å². The quantitative estimate of drug-likeness (QED) is 0.406. The van der Waals surface area contributed by atoms with Crippen LogP contribution in [0.4, 0.5) is 0 Å². The van der Waals surface area contributed by atoms with Crippen LogP contribution in [0.2, 0.25) is 0 Å². The maximum Gasteiger partial charge on any atom is 0.192 e. The number of fused-ring (bicyclic) bond motifs is 2. The first kappa shape index (κ1) is 8.40. The summed E-state index contributed by atoms with van der Waals surface area (Å²) in [5.74, 6) is -1.61. The van der Waals surface area contributed by atoms with Crippen LogP contribution in [0.3, 0.4) is 0 Å². The van der Waals surface area contributed by atoms with E-state index in [1.54, 1.807) is 0 Å². The van der Waals surface area contributed by atoms with Crippen molar-refractivity contribution in [3.8, 4) is 0 Å². The van der Waals surface area contributed by atoms with E-state index in [9.17, 15) is 15.3 Å². The third-order valence-electron chi connectivity index (χ3n) is 2.42. The highest BCUT2D eigenvalue weighted by atomic mass is 16.7. The zero-order chi connectivity index (χ0) is 8.93. The van der Waals surface area contributed by atoms with E-state index in [0.717, 1.165) is 0 Å². The smallest absolute Gasteiger partial charge is 0.192 e. The number of aliphatic hydroxyl groups is 3. The van der Waals surface area contributed by atoms with Crippen LogP contribution in [-0.4, -0.2) is 52.1 Å². The maximum absolute atomic E-state index is 9.48. The molecule has 12 heavy (non-hydrogen) atoms. The van der Waals surface area contributed by atoms with Crippen LogP contribution in [0.25, 0.3) is 0 Å². The molecular formula is C7H12O5. The molecule has 2 bridgehead atoms. The molecule has 0 aromatic rings. The Morgan fingerprint density at radius 2 is 2.08 bits per heavy atom. The summed E-state index contributed by atoms with van der Waals surface area (Å²) in [6.07, 6.45) is -3.27. The molecule has 0 aromatic heterocycles. The highest BCUT2D eigenvalue weighted by Crippen LogP contribution is 2.34. The number of hydrogen-bond acceptors (Lipinski definition) is 5. The van der Waals surface area contributed by atoms with Crippen molar-refractivity contribution >= 4 is 0 Å². The maximum atomic E-state index is 9.48. The molecule has 0 aliphatic carbocycles. The molecule has 0 unspecified atom stereocenters. The van der Waals surface area contributed by atoms with Gasteiger partial charge in [0.2, 0.25) is 0 Å². The Morgan fingerprint density at radius 3 is 2.75 bits per heavy atom. The summed E-state index contributed by atoms with van der Waals surface area (Å²) in [5.41, 5.74) is 0. The molecule has 0 radical (unpaired) electrons. The van der Waals surface area contributed by atoms with Crippen molar-refractivity contribution in [3.05, 3.63) is 0 Å². The van der Waals surface area contributed by atoms with Gasteiger partial charge in [0.25, 0.3) is 0 Å². The van der Waals surface area contributed by atoms with Crippen LogP contribution >= 0.6 is 0 Å². The molecular weight excluding hydrogens is 164 g/mol. The van der Waals surface area contributed by atoms with Gasteiger partial charge < -0.3 is 24.8 Å². The molecule has 2 heterocycles. The Balaban J connectivity index is 2.23. The van der Waals surface area contributed by atoms with E-state index in [1.165, 1.54) is 6.92 Å². The molecule has 0 saturated carbocycles. The zero-order valence-electron chi connectivity index (χ0n) is 6.67. The third-order valence-corrected chi connectivity index (χ3v) is 2.42. The van der Waals surface area contributed by atoms with Gasteiger partial charge >= 0.3 is 0 Å². The minimum Gasteiger partial charge on any atom is -0.387 e. The molecule has 70 valence electrons. The first-order chi connectivity index (χ1) is 5.52. The van der Waals surface area contributed by atoms with E-state index in [2.05, 4.69) is 0 Å². The topological polar surface area (TPSA) is 79.2 Å². The van der Waals surface area contributed by atoms with Crippen molar-refractivity contribution in [2.75, 3.05) is 6.61 Å². The summed E-state index contributed by atoms with van der Waals surface area (Å²) in [7, 11) is 0. The molecule has 2 aliphatic heterocycles. The second kappa shape index (κ2) is 2.40. The van der Waals surface area contributed by atoms with Crippen LogP contribution in [0.15, 0.2) is 0 Å². The normalized spacial score (nSPS) is 59.0. The first-order valence-electron chi connectivity index (χ1n) is 3.90. The lowest BCUT2D eigenvalue weighted by molar-refractivity contribution is -0.306. The molecule has 5 nitrogen and oxygen atoms in total. The molecule has 2 rings (SSSR count). The fourth-order valence-electron chi connectivity index (χ4n) is 1.68. The summed E-state index contributed by atoms with van der Waals surface area (Å²) in [6, 6.07) is 0. The lowest BCUT2D eigenvalue weighted by Gasteiger charge is -2.39. The highest BCUT2D eigenvalue weighted by molar-refractivity contribution is 4.99. The highest BCUT2D eigenvalue weighted by Gasteiger charge is 2.55. The molecule has 2 fully saturated rings. The van der Waals surface area contributed by atoms with Crippen LogP contribution in [0, 0.1) is 0 Å². The summed E-state index contributed by atoms with van der Waals surface area (Å²) in [4.78, 5) is 0. The van der Waals surface area contributed by atoms with Crippen molar-refractivity contribution in [3.63, 3.8) is 0 Å². The predicted molar refractivity (Wildman–Crippen MR) is 37.3 cm³/mol. The van der Waals surface area contributed by atoms with Crippen LogP contribution in [-0.2, 0) is 9.47 Å². The number of aliphatic hydroxyl groups excluding tert-OH is 2. The molecule has 0 aromatic carbocycles. The standard InChI is InChI=1S/C7H12O5/c1-7(10)6(9)5-4(8)3(12-7)2-11-5/h3-6,8-10H,2H2,1H3/t3-,4-,5+,6-,7+/m1/s1. The molecule has 2 aliphatic rings. The summed E-state index contributed by atoms with van der Waals surface area (Å²) >= 11 is 0. The summed E-state index contributed by atoms with van der Waals surface area (Å²) < 4.78 is 10.1. The number of rotatable bonds is 0. The van der Waals surface area contributed by atoms with Crippen molar-refractivity contribution in [1.82, 2.24) is 0 Å². The Kier molecular flexibility index (Phi) is 1.68. The average molecular weight is 176 g/mol. The van der Waals surface area contributed by atoms with Crippen LogP contribution in [0.1, 0.15) is 6.92 Å². The predicted octanol–water partition coefficient (Wildman–Crippen LogP) is -1.79. The fourth-order valence-corrected chi connectivity index (χ4v) is 1.68. The van der Waals surface area contributed by atoms with Gasteiger partial charge in [-0.1, -0.05) is 0 Å². The second-order valence-electron chi connectivity index (χ2n) is 3.44. The monoisotopic (exact) mass is 176 g/mol. The molecule has 5 atom stereocenters. The lowest BCUT2D eigenvalue weighted by Crippen LogP contribution is -2.59. The van der Waals surface area contributed by atoms with Gasteiger partial charge in [0, 0.05) is 0 Å². The van der Waals surface area contributed by atoms with Gasteiger partial charge in [-0.3, -0.25) is 0 Å². The average Bonchev–Trinajstić information content (AvgIpc) is 2.24. The first-order valence-corrected chi connectivity index (χ1v) is 3.90. The summed E-state index contributed by atoms with van der Waals surface area (Å²) in [5, 5.41) is 28.3. The van der Waals surface area contributed by atoms with Crippen LogP contribution < -0.4 is 0 Å².